The molecule has 5 N–H and O–H groups in total. The maximum Gasteiger partial charge on any atom is 0.229 e. The third-order valence-corrected chi connectivity index (χ3v) is 5.88. The maximum atomic E-state index is 12.8. The molecule has 0 bridgehead atoms. The summed E-state index contributed by atoms with van der Waals surface area (Å²) in [7, 11) is 4.08. The summed E-state index contributed by atoms with van der Waals surface area (Å²) >= 11 is 0. The standard InChI is InChI=1S/C24H26O12/c1-31-14-6-10(4-5-12(14)35-24-22(30)21(29)19(27)17(9-25)36-24)13-7-11(26)18-15(34-13)8-16(32-2)23(33-3)20(18)28/h4-8,17,19,21-22,24-25,27-30H,9H2,1-3H3/t17?,19-,21?,22?,24-/m1/s1. The minimum atomic E-state index is -1.61. The maximum absolute atomic E-state index is 12.8. The van der Waals surface area contributed by atoms with Crippen LogP contribution >= 0.6 is 0 Å². The second-order valence-electron chi connectivity index (χ2n) is 7.99. The third-order valence-electron chi connectivity index (χ3n) is 5.88. The molecule has 12 heteroatoms. The Morgan fingerprint density at radius 2 is 1.61 bits per heavy atom. The number of hydrogen-bond donors (Lipinski definition) is 5. The zero-order valence-corrected chi connectivity index (χ0v) is 19.6. The zero-order chi connectivity index (χ0) is 26.1. The lowest BCUT2D eigenvalue weighted by atomic mass is 9.99. The first-order chi connectivity index (χ1) is 17.2. The molecule has 1 fully saturated rings. The number of rotatable bonds is 7. The van der Waals surface area contributed by atoms with Gasteiger partial charge in [-0.15, -0.1) is 0 Å². The first-order valence-corrected chi connectivity index (χ1v) is 10.8. The van der Waals surface area contributed by atoms with Crippen molar-refractivity contribution in [1.29, 1.82) is 0 Å². The molecule has 0 saturated carbocycles. The predicted molar refractivity (Wildman–Crippen MR) is 124 cm³/mol. The highest BCUT2D eigenvalue weighted by atomic mass is 16.7. The zero-order valence-electron chi connectivity index (χ0n) is 19.6. The molecule has 1 saturated heterocycles. The van der Waals surface area contributed by atoms with Crippen LogP contribution in [0.4, 0.5) is 0 Å². The van der Waals surface area contributed by atoms with E-state index in [-0.39, 0.29) is 39.7 Å². The van der Waals surface area contributed by atoms with Crippen molar-refractivity contribution in [3.8, 4) is 40.1 Å². The summed E-state index contributed by atoms with van der Waals surface area (Å²) in [6, 6.07) is 7.13. The lowest BCUT2D eigenvalue weighted by Crippen LogP contribution is -2.60. The molecule has 3 unspecified atom stereocenters. The Kier molecular flexibility index (Phi) is 7.24. The minimum Gasteiger partial charge on any atom is -0.504 e. The van der Waals surface area contributed by atoms with Crippen LogP contribution in [-0.4, -0.2) is 84.2 Å². The Hall–Kier alpha value is -3.55. The molecule has 5 atom stereocenters. The predicted octanol–water partition coefficient (Wildman–Crippen LogP) is 0.370. The van der Waals surface area contributed by atoms with Gasteiger partial charge >= 0.3 is 0 Å². The van der Waals surface area contributed by atoms with Crippen molar-refractivity contribution in [1.82, 2.24) is 0 Å². The average molecular weight is 506 g/mol. The average Bonchev–Trinajstić information content (AvgIpc) is 2.88. The minimum absolute atomic E-state index is 0.00131. The molecule has 36 heavy (non-hydrogen) atoms. The van der Waals surface area contributed by atoms with Crippen LogP contribution in [0, 0.1) is 0 Å². The van der Waals surface area contributed by atoms with E-state index in [4.69, 9.17) is 28.1 Å². The second-order valence-corrected chi connectivity index (χ2v) is 7.99. The molecule has 0 amide bonds. The van der Waals surface area contributed by atoms with Crippen LogP contribution in [0.15, 0.2) is 39.5 Å². The Labute approximate surface area is 204 Å². The SMILES string of the molecule is COc1cc(-c2cc(=O)c3c(O)c(OC)c(OC)cc3o2)ccc1O[C@@H]1OC(CO)[C@@H](O)C(O)C1O. The van der Waals surface area contributed by atoms with Crippen LogP contribution in [0.5, 0.6) is 28.7 Å². The summed E-state index contributed by atoms with van der Waals surface area (Å²) in [4.78, 5) is 12.8. The molecule has 1 aromatic heterocycles. The van der Waals surface area contributed by atoms with E-state index in [0.29, 0.717) is 5.56 Å². The Bertz CT molecular complexity index is 1300. The molecular weight excluding hydrogens is 480 g/mol. The smallest absolute Gasteiger partial charge is 0.229 e. The highest BCUT2D eigenvalue weighted by Gasteiger charge is 2.45. The molecule has 0 aliphatic carbocycles. The monoisotopic (exact) mass is 506 g/mol. The van der Waals surface area contributed by atoms with E-state index in [2.05, 4.69) is 0 Å². The number of aromatic hydroxyl groups is 1. The first-order valence-electron chi connectivity index (χ1n) is 10.8. The Morgan fingerprint density at radius 1 is 0.889 bits per heavy atom. The van der Waals surface area contributed by atoms with Crippen molar-refractivity contribution >= 4 is 11.0 Å². The molecule has 4 rings (SSSR count). The van der Waals surface area contributed by atoms with E-state index in [0.717, 1.165) is 0 Å². The normalized spacial score (nSPS) is 23.9. The van der Waals surface area contributed by atoms with E-state index in [9.17, 15) is 30.3 Å². The number of hydrogen-bond acceptors (Lipinski definition) is 12. The van der Waals surface area contributed by atoms with Crippen molar-refractivity contribution in [2.24, 2.45) is 0 Å². The number of benzene rings is 2. The molecular formula is C24H26O12. The molecule has 2 aromatic carbocycles. The van der Waals surface area contributed by atoms with Gasteiger partial charge in [-0.25, -0.2) is 0 Å². The van der Waals surface area contributed by atoms with Crippen molar-refractivity contribution in [3.63, 3.8) is 0 Å². The second kappa shape index (κ2) is 10.2. The van der Waals surface area contributed by atoms with Crippen molar-refractivity contribution in [2.45, 2.75) is 30.7 Å². The van der Waals surface area contributed by atoms with Gasteiger partial charge in [-0.2, -0.15) is 0 Å². The summed E-state index contributed by atoms with van der Waals surface area (Å²) in [5.74, 6) is 0.190. The topological polar surface area (TPSA) is 178 Å². The number of phenols is 1. The molecule has 12 nitrogen and oxygen atoms in total. The Morgan fingerprint density at radius 3 is 2.25 bits per heavy atom. The van der Waals surface area contributed by atoms with Gasteiger partial charge in [-0.1, -0.05) is 0 Å². The van der Waals surface area contributed by atoms with Gasteiger partial charge in [-0.05, 0) is 18.2 Å². The van der Waals surface area contributed by atoms with E-state index in [1.165, 1.54) is 45.6 Å². The molecule has 1 aliphatic heterocycles. The molecule has 0 spiro atoms. The van der Waals surface area contributed by atoms with E-state index >= 15 is 0 Å². The van der Waals surface area contributed by atoms with Gasteiger partial charge in [0.05, 0.1) is 27.9 Å². The van der Waals surface area contributed by atoms with Crippen LogP contribution in [0.2, 0.25) is 0 Å². The highest BCUT2D eigenvalue weighted by molar-refractivity contribution is 5.89. The van der Waals surface area contributed by atoms with Gasteiger partial charge in [-0.3, -0.25) is 4.79 Å². The fourth-order valence-corrected chi connectivity index (χ4v) is 3.96. The van der Waals surface area contributed by atoms with Gasteiger partial charge in [0, 0.05) is 17.7 Å². The Balaban J connectivity index is 1.70. The number of phenolic OH excluding ortho intramolecular Hbond substituents is 1. The summed E-state index contributed by atoms with van der Waals surface area (Å²) in [5, 5.41) is 49.9. The molecule has 2 heterocycles. The number of fused-ring (bicyclic) bond motifs is 1. The van der Waals surface area contributed by atoms with Crippen LogP contribution in [0.3, 0.4) is 0 Å². The van der Waals surface area contributed by atoms with Crippen molar-refractivity contribution < 1.29 is 53.6 Å². The summed E-state index contributed by atoms with van der Waals surface area (Å²) in [6.45, 7) is -0.603. The molecule has 0 radical (unpaired) electrons. The van der Waals surface area contributed by atoms with Gasteiger partial charge < -0.3 is 53.6 Å². The first kappa shape index (κ1) is 25.5. The largest absolute Gasteiger partial charge is 0.504 e. The van der Waals surface area contributed by atoms with Crippen molar-refractivity contribution in [3.05, 3.63) is 40.6 Å². The molecule has 1 aliphatic rings. The number of ether oxygens (including phenoxy) is 5. The quantitative estimate of drug-likeness (QED) is 0.298. The van der Waals surface area contributed by atoms with E-state index in [1.54, 1.807) is 6.07 Å². The number of methoxy groups -OCH3 is 3. The lowest BCUT2D eigenvalue weighted by Gasteiger charge is -2.39. The van der Waals surface area contributed by atoms with Crippen LogP contribution in [0.25, 0.3) is 22.3 Å². The fourth-order valence-electron chi connectivity index (χ4n) is 3.96. The summed E-state index contributed by atoms with van der Waals surface area (Å²) in [5.41, 5.74) is -0.0418. The van der Waals surface area contributed by atoms with Gasteiger partial charge in [0.1, 0.15) is 41.1 Å². The van der Waals surface area contributed by atoms with Gasteiger partial charge in [0.15, 0.2) is 28.4 Å². The molecule has 194 valence electrons. The number of aliphatic hydroxyl groups excluding tert-OH is 4. The highest BCUT2D eigenvalue weighted by Crippen LogP contribution is 2.42. The lowest BCUT2D eigenvalue weighted by molar-refractivity contribution is -0.277. The van der Waals surface area contributed by atoms with Gasteiger partial charge in [0.2, 0.25) is 12.0 Å². The fraction of sp³-hybridized carbons (Fsp3) is 0.375. The van der Waals surface area contributed by atoms with Crippen LogP contribution < -0.4 is 24.4 Å². The summed E-state index contributed by atoms with van der Waals surface area (Å²) < 4.78 is 32.6. The molecule has 3 aromatic rings. The van der Waals surface area contributed by atoms with Crippen molar-refractivity contribution in [2.75, 3.05) is 27.9 Å². The summed E-state index contributed by atoms with van der Waals surface area (Å²) in [6.07, 6.45) is -7.29. The third kappa shape index (κ3) is 4.40. The van der Waals surface area contributed by atoms with Crippen LogP contribution in [0.1, 0.15) is 0 Å². The van der Waals surface area contributed by atoms with E-state index in [1.807, 2.05) is 0 Å². The number of aliphatic hydroxyl groups is 4. The van der Waals surface area contributed by atoms with Gasteiger partial charge in [0.25, 0.3) is 0 Å². The van der Waals surface area contributed by atoms with Crippen LogP contribution in [-0.2, 0) is 4.74 Å². The van der Waals surface area contributed by atoms with E-state index < -0.39 is 48.5 Å².